The van der Waals surface area contributed by atoms with E-state index in [1.807, 2.05) is 13.0 Å². The first-order valence-electron chi connectivity index (χ1n) is 8.36. The molecule has 3 heterocycles. The summed E-state index contributed by atoms with van der Waals surface area (Å²) in [5, 5.41) is 14.6. The van der Waals surface area contributed by atoms with Gasteiger partial charge in [0.15, 0.2) is 0 Å². The minimum absolute atomic E-state index is 0.497. The minimum atomic E-state index is 0.497. The zero-order chi connectivity index (χ0) is 15.6. The molecule has 2 fully saturated rings. The van der Waals surface area contributed by atoms with Crippen molar-refractivity contribution in [2.45, 2.75) is 51.1 Å². The van der Waals surface area contributed by atoms with Crippen molar-refractivity contribution in [3.63, 3.8) is 0 Å². The summed E-state index contributed by atoms with van der Waals surface area (Å²) in [6, 6.07) is 2.50. The first-order chi connectivity index (χ1) is 11.3. The number of piperidine rings is 1. The number of hydrogen-bond acceptors (Lipinski definition) is 7. The predicted octanol–water partition coefficient (Wildman–Crippen LogP) is 2.59. The molecular weight excluding hydrogens is 308 g/mol. The van der Waals surface area contributed by atoms with Gasteiger partial charge < -0.3 is 5.32 Å². The Morgan fingerprint density at radius 3 is 2.74 bits per heavy atom. The Bertz CT molecular complexity index is 660. The molecule has 122 valence electrons. The number of aryl methyl sites for hydroxylation is 1. The number of anilines is 1. The lowest BCUT2D eigenvalue weighted by Gasteiger charge is -2.31. The monoisotopic (exact) mass is 330 g/mol. The van der Waals surface area contributed by atoms with Gasteiger partial charge in [-0.15, -0.1) is 10.2 Å². The van der Waals surface area contributed by atoms with Crippen LogP contribution in [0, 0.1) is 6.92 Å². The molecule has 0 atom stereocenters. The largest absolute Gasteiger partial charge is 0.367 e. The van der Waals surface area contributed by atoms with Crippen LogP contribution < -0.4 is 5.32 Å². The van der Waals surface area contributed by atoms with Gasteiger partial charge in [0.25, 0.3) is 0 Å². The quantitative estimate of drug-likeness (QED) is 0.909. The van der Waals surface area contributed by atoms with Crippen molar-refractivity contribution in [1.82, 2.24) is 25.1 Å². The second-order valence-corrected chi connectivity index (χ2v) is 7.64. The van der Waals surface area contributed by atoms with Crippen molar-refractivity contribution in [2.75, 3.05) is 18.4 Å². The van der Waals surface area contributed by atoms with Crippen molar-refractivity contribution in [3.05, 3.63) is 28.1 Å². The Morgan fingerprint density at radius 1 is 1.17 bits per heavy atom. The number of nitrogens with zero attached hydrogens (tertiary/aromatic N) is 5. The maximum atomic E-state index is 4.36. The third-order valence-electron chi connectivity index (χ3n) is 4.51. The van der Waals surface area contributed by atoms with Crippen molar-refractivity contribution < 1.29 is 0 Å². The van der Waals surface area contributed by atoms with Crippen LogP contribution in [0.25, 0.3) is 0 Å². The molecule has 0 spiro atoms. The van der Waals surface area contributed by atoms with Crippen LogP contribution in [-0.4, -0.2) is 44.2 Å². The Morgan fingerprint density at radius 2 is 2.00 bits per heavy atom. The van der Waals surface area contributed by atoms with E-state index in [-0.39, 0.29) is 0 Å². The Labute approximate surface area is 140 Å². The molecule has 2 aromatic heterocycles. The lowest BCUT2D eigenvalue weighted by molar-refractivity contribution is 0.210. The van der Waals surface area contributed by atoms with Crippen molar-refractivity contribution in [3.8, 4) is 0 Å². The van der Waals surface area contributed by atoms with Gasteiger partial charge in [0.1, 0.15) is 22.2 Å². The molecule has 4 rings (SSSR count). The van der Waals surface area contributed by atoms with E-state index in [1.165, 1.54) is 22.9 Å². The summed E-state index contributed by atoms with van der Waals surface area (Å²) in [6.07, 6.45) is 6.50. The zero-order valence-corrected chi connectivity index (χ0v) is 14.2. The van der Waals surface area contributed by atoms with E-state index in [2.05, 4.69) is 30.4 Å². The second kappa shape index (κ2) is 6.49. The van der Waals surface area contributed by atoms with Crippen LogP contribution in [0.4, 0.5) is 5.82 Å². The summed E-state index contributed by atoms with van der Waals surface area (Å²) in [5.74, 6) is 1.65. The average Bonchev–Trinajstić information content (AvgIpc) is 3.30. The van der Waals surface area contributed by atoms with E-state index in [0.29, 0.717) is 12.0 Å². The minimum Gasteiger partial charge on any atom is -0.367 e. The highest BCUT2D eigenvalue weighted by Crippen LogP contribution is 2.41. The molecule has 0 amide bonds. The first kappa shape index (κ1) is 15.0. The standard InChI is InChI=1S/C16H22N6S/c1-11-8-14(18-10-17-11)19-13-4-6-22(7-5-13)9-15-20-21-16(23-15)12-2-3-12/h8,10,12-13H,2-7,9H2,1H3,(H,17,18,19). The normalized spacial score (nSPS) is 19.9. The highest BCUT2D eigenvalue weighted by Gasteiger charge is 2.28. The van der Waals surface area contributed by atoms with Crippen LogP contribution >= 0.6 is 11.3 Å². The molecule has 0 unspecified atom stereocenters. The highest BCUT2D eigenvalue weighted by atomic mass is 32.1. The smallest absolute Gasteiger partial charge is 0.131 e. The van der Waals surface area contributed by atoms with E-state index in [4.69, 9.17) is 0 Å². The number of hydrogen-bond donors (Lipinski definition) is 1. The molecule has 2 aliphatic rings. The summed E-state index contributed by atoms with van der Waals surface area (Å²) >= 11 is 1.81. The van der Waals surface area contributed by atoms with Crippen molar-refractivity contribution >= 4 is 17.2 Å². The van der Waals surface area contributed by atoms with Crippen LogP contribution in [0.3, 0.4) is 0 Å². The Kier molecular flexibility index (Phi) is 4.22. The van der Waals surface area contributed by atoms with Gasteiger partial charge >= 0.3 is 0 Å². The first-order valence-corrected chi connectivity index (χ1v) is 9.18. The molecule has 1 saturated heterocycles. The number of rotatable bonds is 5. The van der Waals surface area contributed by atoms with E-state index in [0.717, 1.165) is 44.0 Å². The Balaban J connectivity index is 1.26. The van der Waals surface area contributed by atoms with Crippen LogP contribution in [0.15, 0.2) is 12.4 Å². The molecule has 2 aromatic rings. The SMILES string of the molecule is Cc1cc(NC2CCN(Cc3nnc(C4CC4)s3)CC2)ncn1. The topological polar surface area (TPSA) is 66.8 Å². The second-order valence-electron chi connectivity index (χ2n) is 6.55. The molecule has 1 N–H and O–H groups in total. The lowest BCUT2D eigenvalue weighted by Crippen LogP contribution is -2.38. The lowest BCUT2D eigenvalue weighted by atomic mass is 10.1. The third kappa shape index (κ3) is 3.84. The van der Waals surface area contributed by atoms with Gasteiger partial charge in [-0.25, -0.2) is 9.97 Å². The van der Waals surface area contributed by atoms with Crippen LogP contribution in [-0.2, 0) is 6.54 Å². The van der Waals surface area contributed by atoms with Gasteiger partial charge in [0.2, 0.25) is 0 Å². The van der Waals surface area contributed by atoms with Gasteiger partial charge in [-0.2, -0.15) is 0 Å². The fourth-order valence-corrected chi connectivity index (χ4v) is 4.05. The van der Waals surface area contributed by atoms with E-state index in [1.54, 1.807) is 17.7 Å². The zero-order valence-electron chi connectivity index (χ0n) is 13.4. The molecule has 1 saturated carbocycles. The van der Waals surface area contributed by atoms with E-state index < -0.39 is 0 Å². The molecule has 6 nitrogen and oxygen atoms in total. The summed E-state index contributed by atoms with van der Waals surface area (Å²) in [7, 11) is 0. The number of nitrogens with one attached hydrogen (secondary N) is 1. The fourth-order valence-electron chi connectivity index (χ4n) is 3.00. The molecule has 0 radical (unpaired) electrons. The molecule has 1 aliphatic carbocycles. The van der Waals surface area contributed by atoms with Crippen LogP contribution in [0.1, 0.15) is 47.3 Å². The van der Waals surface area contributed by atoms with Gasteiger partial charge in [0.05, 0.1) is 6.54 Å². The molecule has 1 aliphatic heterocycles. The van der Waals surface area contributed by atoms with E-state index >= 15 is 0 Å². The molecular formula is C16H22N6S. The van der Waals surface area contributed by atoms with Gasteiger partial charge in [-0.3, -0.25) is 4.90 Å². The molecule has 7 heteroatoms. The van der Waals surface area contributed by atoms with Gasteiger partial charge in [-0.1, -0.05) is 11.3 Å². The maximum absolute atomic E-state index is 4.36. The summed E-state index contributed by atoms with van der Waals surface area (Å²) < 4.78 is 0. The third-order valence-corrected chi connectivity index (χ3v) is 5.58. The van der Waals surface area contributed by atoms with Gasteiger partial charge in [0, 0.05) is 36.8 Å². The maximum Gasteiger partial charge on any atom is 0.131 e. The summed E-state index contributed by atoms with van der Waals surface area (Å²) in [6.45, 7) is 5.14. The van der Waals surface area contributed by atoms with Crippen LogP contribution in [0.2, 0.25) is 0 Å². The predicted molar refractivity (Wildman–Crippen MR) is 90.6 cm³/mol. The number of aromatic nitrogens is 4. The van der Waals surface area contributed by atoms with Crippen LogP contribution in [0.5, 0.6) is 0 Å². The average molecular weight is 330 g/mol. The van der Waals surface area contributed by atoms with Crippen molar-refractivity contribution in [2.24, 2.45) is 0 Å². The Hall–Kier alpha value is -1.60. The fraction of sp³-hybridized carbons (Fsp3) is 0.625. The summed E-state index contributed by atoms with van der Waals surface area (Å²) in [4.78, 5) is 10.9. The molecule has 0 aromatic carbocycles. The van der Waals surface area contributed by atoms with Gasteiger partial charge in [-0.05, 0) is 32.6 Å². The number of likely N-dealkylation sites (tertiary alicyclic amines) is 1. The molecule has 0 bridgehead atoms. The van der Waals surface area contributed by atoms with Crippen molar-refractivity contribution in [1.29, 1.82) is 0 Å². The van der Waals surface area contributed by atoms with E-state index in [9.17, 15) is 0 Å². The summed E-state index contributed by atoms with van der Waals surface area (Å²) in [5.41, 5.74) is 1.00. The molecule has 23 heavy (non-hydrogen) atoms. The highest BCUT2D eigenvalue weighted by molar-refractivity contribution is 7.11.